The van der Waals surface area contributed by atoms with Gasteiger partial charge < -0.3 is 43.1 Å². The molecule has 0 saturated carbocycles. The Morgan fingerprint density at radius 3 is 1.79 bits per heavy atom. The average Bonchev–Trinajstić information content (AvgIpc) is 3.00. The lowest BCUT2D eigenvalue weighted by atomic mass is 10.1. The Bertz CT molecular complexity index is 2560. The molecule has 1 aromatic heterocycles. The average molecular weight is 834 g/mol. The summed E-state index contributed by atoms with van der Waals surface area (Å²) in [5, 5.41) is 23.1. The molecule has 25 heteroatoms. The van der Waals surface area contributed by atoms with Crippen LogP contribution < -0.4 is 10.6 Å². The standard InChI is InChI=1S/C28H28ClN7O13S4/c1-12-4-5-17(20(6-12)51(41,42)43)30-27-32-26(29)33-28(34-27)31-19-11-16(50(38,39)40)9-15-10-22(53(47,48)49)24(25(37)23(15)19)36-35-18-7-13(2)14(3)8-21(18)52(44,45)46/h4-11,37,41-43,47-49H,1-3H3,(H,38,39,40)(H,44,45,46)(H2,30,31,32,33,34). The van der Waals surface area contributed by atoms with Crippen molar-refractivity contribution in [2.24, 2.45) is 10.2 Å². The minimum atomic E-state index is -5.02. The lowest BCUT2D eigenvalue weighted by Crippen LogP contribution is -2.07. The number of hydrogen-bond donors (Lipinski definition) is 11. The summed E-state index contributed by atoms with van der Waals surface area (Å²) in [6.45, 7) is 4.77. The van der Waals surface area contributed by atoms with E-state index in [2.05, 4.69) is 35.8 Å². The van der Waals surface area contributed by atoms with E-state index < -0.39 is 90.7 Å². The number of nitrogens with zero attached hydrogens (tertiary/aromatic N) is 5. The normalized spacial score (nSPS) is 13.4. The van der Waals surface area contributed by atoms with Gasteiger partial charge in [0.05, 0.1) is 26.1 Å². The van der Waals surface area contributed by atoms with E-state index >= 15 is 0 Å². The number of nitrogens with one attached hydrogen (secondary N) is 2. The number of anilines is 4. The van der Waals surface area contributed by atoms with Crippen molar-refractivity contribution >= 4 is 99.0 Å². The van der Waals surface area contributed by atoms with Crippen LogP contribution in [0.2, 0.25) is 5.28 Å². The van der Waals surface area contributed by atoms with Crippen LogP contribution >= 0.6 is 33.3 Å². The van der Waals surface area contributed by atoms with Crippen molar-refractivity contribution in [3.05, 3.63) is 70.5 Å². The van der Waals surface area contributed by atoms with Gasteiger partial charge in [-0.1, -0.05) is 6.07 Å². The Morgan fingerprint density at radius 1 is 0.642 bits per heavy atom. The zero-order valence-electron chi connectivity index (χ0n) is 27.0. The van der Waals surface area contributed by atoms with Gasteiger partial charge in [-0.3, -0.25) is 9.11 Å². The molecule has 5 rings (SSSR count). The van der Waals surface area contributed by atoms with Gasteiger partial charge in [0.2, 0.25) is 17.2 Å². The molecule has 0 saturated heterocycles. The fraction of sp³-hybridized carbons (Fsp3) is 0.107. The number of aromatic nitrogens is 3. The molecule has 284 valence electrons. The molecule has 0 atom stereocenters. The van der Waals surface area contributed by atoms with Crippen LogP contribution in [-0.4, -0.2) is 73.3 Å². The number of fused-ring (bicyclic) bond motifs is 1. The Kier molecular flexibility index (Phi) is 10.7. The third-order valence-electron chi connectivity index (χ3n) is 7.36. The highest BCUT2D eigenvalue weighted by Crippen LogP contribution is 2.56. The van der Waals surface area contributed by atoms with Gasteiger partial charge in [-0.2, -0.15) is 31.8 Å². The van der Waals surface area contributed by atoms with Crippen LogP contribution in [-0.2, 0) is 20.2 Å². The maximum Gasteiger partial charge on any atom is 0.296 e. The number of phenolic OH excluding ortho intramolecular Hbond substituents is 1. The molecule has 53 heavy (non-hydrogen) atoms. The van der Waals surface area contributed by atoms with Crippen molar-refractivity contribution in [2.75, 3.05) is 10.6 Å². The molecule has 0 aliphatic carbocycles. The molecular formula is C28H28ClN7O13S4. The van der Waals surface area contributed by atoms with E-state index in [0.717, 1.165) is 24.3 Å². The summed E-state index contributed by atoms with van der Waals surface area (Å²) in [6.07, 6.45) is 0. The fourth-order valence-electron chi connectivity index (χ4n) is 4.84. The zero-order chi connectivity index (χ0) is 39.4. The van der Waals surface area contributed by atoms with Crippen LogP contribution in [0.3, 0.4) is 0 Å². The van der Waals surface area contributed by atoms with Gasteiger partial charge in [0.1, 0.15) is 38.0 Å². The zero-order valence-corrected chi connectivity index (χ0v) is 31.0. The van der Waals surface area contributed by atoms with E-state index in [1.165, 1.54) is 18.2 Å². The largest absolute Gasteiger partial charge is 0.505 e. The first-order valence-electron chi connectivity index (χ1n) is 14.2. The second kappa shape index (κ2) is 14.2. The monoisotopic (exact) mass is 833 g/mol. The van der Waals surface area contributed by atoms with Crippen LogP contribution in [0.25, 0.3) is 10.8 Å². The maximum atomic E-state index is 12.3. The topological polar surface area (TPSA) is 338 Å². The van der Waals surface area contributed by atoms with Gasteiger partial charge >= 0.3 is 0 Å². The van der Waals surface area contributed by atoms with E-state index in [1.807, 2.05) is 0 Å². The van der Waals surface area contributed by atoms with Crippen LogP contribution in [0.15, 0.2) is 78.3 Å². The number of azo groups is 1. The van der Waals surface area contributed by atoms with Crippen LogP contribution in [0.1, 0.15) is 16.7 Å². The highest BCUT2D eigenvalue weighted by molar-refractivity contribution is 8.19. The quantitative estimate of drug-likeness (QED) is 0.0470. The predicted octanol–water partition coefficient (Wildman–Crippen LogP) is 7.87. The molecule has 0 fully saturated rings. The molecule has 20 nitrogen and oxygen atoms in total. The van der Waals surface area contributed by atoms with E-state index in [1.54, 1.807) is 26.8 Å². The number of aryl methyl sites for hydroxylation is 3. The molecule has 11 N–H and O–H groups in total. The Hall–Kier alpha value is -4.28. The second-order valence-electron chi connectivity index (χ2n) is 11.2. The number of phenols is 1. The fourth-order valence-corrected chi connectivity index (χ4v) is 7.67. The second-order valence-corrected chi connectivity index (χ2v) is 17.3. The van der Waals surface area contributed by atoms with Gasteiger partial charge in [-0.05, 0) is 96.9 Å². The van der Waals surface area contributed by atoms with Crippen LogP contribution in [0.5, 0.6) is 5.75 Å². The molecule has 0 amide bonds. The molecule has 1 heterocycles. The molecule has 4 aromatic carbocycles. The molecule has 0 radical (unpaired) electrons. The van der Waals surface area contributed by atoms with E-state index in [4.69, 9.17) is 11.6 Å². The highest BCUT2D eigenvalue weighted by atomic mass is 35.5. The van der Waals surface area contributed by atoms with Crippen molar-refractivity contribution in [2.45, 2.75) is 40.4 Å². The van der Waals surface area contributed by atoms with Crippen molar-refractivity contribution in [1.82, 2.24) is 15.0 Å². The van der Waals surface area contributed by atoms with E-state index in [-0.39, 0.29) is 27.3 Å². The number of hydrogen-bond acceptors (Lipinski definition) is 18. The lowest BCUT2D eigenvalue weighted by molar-refractivity contribution is 0.373. The first-order chi connectivity index (χ1) is 24.3. The lowest BCUT2D eigenvalue weighted by Gasteiger charge is -2.23. The van der Waals surface area contributed by atoms with Gasteiger partial charge in [0.25, 0.3) is 20.2 Å². The van der Waals surface area contributed by atoms with Crippen LogP contribution in [0.4, 0.5) is 34.6 Å². The Morgan fingerprint density at radius 2 is 1.23 bits per heavy atom. The molecule has 0 bridgehead atoms. The van der Waals surface area contributed by atoms with Crippen molar-refractivity contribution in [1.29, 1.82) is 0 Å². The van der Waals surface area contributed by atoms with Crippen molar-refractivity contribution in [3.63, 3.8) is 0 Å². The van der Waals surface area contributed by atoms with Crippen molar-refractivity contribution < 1.29 is 58.4 Å². The Labute approximate surface area is 308 Å². The van der Waals surface area contributed by atoms with Gasteiger partial charge in [-0.25, -0.2) is 0 Å². The molecule has 5 aromatic rings. The molecule has 0 aliphatic rings. The summed E-state index contributed by atoms with van der Waals surface area (Å²) >= 11 is 6.11. The first-order valence-corrected chi connectivity index (χ1v) is 20.5. The minimum absolute atomic E-state index is 0.0609. The first kappa shape index (κ1) is 39.9. The molecular weight excluding hydrogens is 806 g/mol. The molecule has 0 spiro atoms. The maximum absolute atomic E-state index is 12.3. The van der Waals surface area contributed by atoms with E-state index in [9.17, 15) is 58.4 Å². The third-order valence-corrected chi connectivity index (χ3v) is 11.1. The SMILES string of the molecule is Cc1ccc(Nc2nc(Cl)nc(Nc3cc(S(=O)(=O)O)cc4cc(S(O)(O)O)c(N=Nc5cc(C)c(C)cc5S(=O)(=O)O)c(O)c34)n2)c(S(O)(O)O)c1. The van der Waals surface area contributed by atoms with Gasteiger partial charge in [-0.15, -0.1) is 10.2 Å². The third kappa shape index (κ3) is 8.92. The minimum Gasteiger partial charge on any atom is -0.505 e. The molecule has 0 unspecified atom stereocenters. The number of benzene rings is 4. The summed E-state index contributed by atoms with van der Waals surface area (Å²) in [5.74, 6) is -1.82. The summed E-state index contributed by atoms with van der Waals surface area (Å²) in [5.41, 5.74) is -0.279. The summed E-state index contributed by atoms with van der Waals surface area (Å²) in [6, 6.07) is 8.92. The Balaban J connectivity index is 1.72. The van der Waals surface area contributed by atoms with Gasteiger partial charge in [0.15, 0.2) is 5.75 Å². The summed E-state index contributed by atoms with van der Waals surface area (Å²) < 4.78 is 129. The number of rotatable bonds is 10. The molecule has 0 aliphatic heterocycles. The van der Waals surface area contributed by atoms with Crippen LogP contribution in [0, 0.1) is 20.8 Å². The summed E-state index contributed by atoms with van der Waals surface area (Å²) in [7, 11) is -19.0. The number of halogens is 1. The summed E-state index contributed by atoms with van der Waals surface area (Å²) in [4.78, 5) is 9.16. The highest BCUT2D eigenvalue weighted by Gasteiger charge is 2.29. The predicted molar refractivity (Wildman–Crippen MR) is 195 cm³/mol. The van der Waals surface area contributed by atoms with Crippen molar-refractivity contribution in [3.8, 4) is 5.75 Å². The van der Waals surface area contributed by atoms with E-state index in [0.29, 0.717) is 16.7 Å². The smallest absolute Gasteiger partial charge is 0.296 e. The number of aromatic hydroxyl groups is 1. The van der Waals surface area contributed by atoms with Gasteiger partial charge in [0, 0.05) is 5.39 Å².